The molecule has 0 spiro atoms. The molecule has 0 saturated heterocycles. The number of hydrazine groups is 1. The number of nitrogens with zero attached hydrogens (tertiary/aromatic N) is 1. The van der Waals surface area contributed by atoms with Gasteiger partial charge in [0.1, 0.15) is 0 Å². The molecule has 14 heavy (non-hydrogen) atoms. The molecule has 0 radical (unpaired) electrons. The summed E-state index contributed by atoms with van der Waals surface area (Å²) in [5.74, 6) is -0.682. The highest BCUT2D eigenvalue weighted by Crippen LogP contribution is 2.03. The van der Waals surface area contributed by atoms with Crippen molar-refractivity contribution in [2.45, 2.75) is 0 Å². The van der Waals surface area contributed by atoms with Crippen molar-refractivity contribution in [3.05, 3.63) is 40.4 Å². The molecule has 1 aromatic rings. The third-order valence-corrected chi connectivity index (χ3v) is 1.44. The molecule has 0 aliphatic heterocycles. The fourth-order valence-corrected chi connectivity index (χ4v) is 0.880. The lowest BCUT2D eigenvalue weighted by Crippen LogP contribution is -2.34. The van der Waals surface area contributed by atoms with Crippen molar-refractivity contribution in [1.29, 1.82) is 0 Å². The topological polar surface area (TPSA) is 84.3 Å². The highest BCUT2D eigenvalue weighted by atomic mass is 16.7. The number of amides is 1. The number of hydrogen-bond donors (Lipinski definition) is 2. The minimum atomic E-state index is -0.880. The van der Waals surface area contributed by atoms with Gasteiger partial charge >= 0.3 is 0 Å². The van der Waals surface area contributed by atoms with Gasteiger partial charge in [0.25, 0.3) is 5.91 Å². The van der Waals surface area contributed by atoms with Gasteiger partial charge < -0.3 is 5.32 Å². The van der Waals surface area contributed by atoms with Gasteiger partial charge in [-0.2, -0.15) is 0 Å². The van der Waals surface area contributed by atoms with Crippen molar-refractivity contribution in [2.75, 3.05) is 11.9 Å². The van der Waals surface area contributed by atoms with E-state index in [0.29, 0.717) is 0 Å². The Morgan fingerprint density at radius 3 is 2.57 bits per heavy atom. The first-order chi connectivity index (χ1) is 6.68. The van der Waals surface area contributed by atoms with Crippen LogP contribution < -0.4 is 10.7 Å². The van der Waals surface area contributed by atoms with E-state index in [4.69, 9.17) is 0 Å². The lowest BCUT2D eigenvalue weighted by Gasteiger charge is -2.02. The first kappa shape index (κ1) is 9.97. The number of nitrogens with one attached hydrogen (secondary N) is 2. The quantitative estimate of drug-likeness (QED) is 0.538. The summed E-state index contributed by atoms with van der Waals surface area (Å²) in [6.07, 6.45) is 0. The number of carbonyl (C=O) groups excluding carboxylic acids is 1. The number of para-hydroxylation sites is 1. The standard InChI is InChI=1S/C8H9N3O3/c12-8(10-11(13)14)6-9-7-4-2-1-3-5-7/h1-5,9H,6H2,(H,10,12). The van der Waals surface area contributed by atoms with Crippen LogP contribution in [-0.4, -0.2) is 17.5 Å². The molecule has 0 aliphatic rings. The van der Waals surface area contributed by atoms with Gasteiger partial charge in [-0.3, -0.25) is 4.79 Å². The zero-order chi connectivity index (χ0) is 10.4. The predicted molar refractivity (Wildman–Crippen MR) is 50.1 cm³/mol. The smallest absolute Gasteiger partial charge is 0.299 e. The van der Waals surface area contributed by atoms with E-state index >= 15 is 0 Å². The predicted octanol–water partition coefficient (Wildman–Crippen LogP) is 0.406. The lowest BCUT2D eigenvalue weighted by atomic mass is 10.3. The van der Waals surface area contributed by atoms with E-state index in [-0.39, 0.29) is 6.54 Å². The Morgan fingerprint density at radius 2 is 2.00 bits per heavy atom. The van der Waals surface area contributed by atoms with Gasteiger partial charge in [-0.1, -0.05) is 23.6 Å². The second kappa shape index (κ2) is 4.80. The van der Waals surface area contributed by atoms with E-state index in [9.17, 15) is 14.9 Å². The van der Waals surface area contributed by atoms with Crippen molar-refractivity contribution in [3.63, 3.8) is 0 Å². The third-order valence-electron chi connectivity index (χ3n) is 1.44. The van der Waals surface area contributed by atoms with E-state index in [1.807, 2.05) is 6.07 Å². The van der Waals surface area contributed by atoms with Crippen molar-refractivity contribution >= 4 is 11.6 Å². The minimum Gasteiger partial charge on any atom is -0.376 e. The second-order valence-corrected chi connectivity index (χ2v) is 2.51. The van der Waals surface area contributed by atoms with Gasteiger partial charge in [-0.25, -0.2) is 10.1 Å². The molecule has 0 saturated carbocycles. The molecule has 0 bridgehead atoms. The Labute approximate surface area is 80.0 Å². The van der Waals surface area contributed by atoms with Gasteiger partial charge in [0.05, 0.1) is 6.54 Å². The van der Waals surface area contributed by atoms with Crippen LogP contribution in [0, 0.1) is 10.1 Å². The SMILES string of the molecule is O=C(CNc1ccccc1)N[N+](=O)[O-]. The van der Waals surface area contributed by atoms with Crippen LogP contribution in [0.2, 0.25) is 0 Å². The maximum Gasteiger partial charge on any atom is 0.299 e. The molecule has 0 fully saturated rings. The molecule has 0 heterocycles. The van der Waals surface area contributed by atoms with E-state index < -0.39 is 10.9 Å². The molecular formula is C8H9N3O3. The highest BCUT2D eigenvalue weighted by Gasteiger charge is 2.05. The molecule has 0 atom stereocenters. The Hall–Kier alpha value is -2.11. The summed E-state index contributed by atoms with van der Waals surface area (Å²) in [5, 5.41) is 11.7. The summed E-state index contributed by atoms with van der Waals surface area (Å²) >= 11 is 0. The molecule has 0 aliphatic carbocycles. The van der Waals surface area contributed by atoms with Crippen molar-refractivity contribution in [1.82, 2.24) is 5.43 Å². The van der Waals surface area contributed by atoms with Crippen LogP contribution in [0.5, 0.6) is 0 Å². The maximum atomic E-state index is 10.8. The minimum absolute atomic E-state index is 0.120. The van der Waals surface area contributed by atoms with E-state index in [0.717, 1.165) is 5.69 Å². The molecule has 1 aromatic carbocycles. The van der Waals surface area contributed by atoms with Crippen LogP contribution in [0.4, 0.5) is 5.69 Å². The average molecular weight is 195 g/mol. The third kappa shape index (κ3) is 3.53. The Balaban J connectivity index is 2.34. The van der Waals surface area contributed by atoms with Crippen molar-refractivity contribution in [3.8, 4) is 0 Å². The van der Waals surface area contributed by atoms with Crippen LogP contribution in [-0.2, 0) is 4.79 Å². The number of nitro groups is 1. The van der Waals surface area contributed by atoms with Gasteiger partial charge in [-0.05, 0) is 12.1 Å². The number of rotatable bonds is 4. The summed E-state index contributed by atoms with van der Waals surface area (Å²) in [6.45, 7) is -0.120. The van der Waals surface area contributed by atoms with Crippen LogP contribution in [0.3, 0.4) is 0 Å². The molecule has 0 unspecified atom stereocenters. The van der Waals surface area contributed by atoms with Gasteiger partial charge in [0, 0.05) is 5.69 Å². The normalized spacial score (nSPS) is 9.14. The molecule has 2 N–H and O–H groups in total. The van der Waals surface area contributed by atoms with Gasteiger partial charge in [0.15, 0.2) is 5.03 Å². The van der Waals surface area contributed by atoms with Crippen LogP contribution in [0.25, 0.3) is 0 Å². The molecule has 6 heteroatoms. The van der Waals surface area contributed by atoms with Crippen molar-refractivity contribution < 1.29 is 9.83 Å². The molecule has 0 aromatic heterocycles. The summed E-state index contributed by atoms with van der Waals surface area (Å²) in [5.41, 5.74) is 2.28. The largest absolute Gasteiger partial charge is 0.376 e. The van der Waals surface area contributed by atoms with E-state index in [1.165, 1.54) is 5.43 Å². The second-order valence-electron chi connectivity index (χ2n) is 2.51. The fourth-order valence-electron chi connectivity index (χ4n) is 0.880. The Kier molecular flexibility index (Phi) is 3.42. The van der Waals surface area contributed by atoms with Gasteiger partial charge in [0.2, 0.25) is 0 Å². The van der Waals surface area contributed by atoms with Crippen LogP contribution in [0.15, 0.2) is 30.3 Å². The number of anilines is 1. The first-order valence-corrected chi connectivity index (χ1v) is 3.91. The molecule has 74 valence electrons. The number of benzene rings is 1. The Bertz CT molecular complexity index is 326. The van der Waals surface area contributed by atoms with E-state index in [2.05, 4.69) is 5.32 Å². The van der Waals surface area contributed by atoms with Gasteiger partial charge in [-0.15, -0.1) is 0 Å². The Morgan fingerprint density at radius 1 is 1.36 bits per heavy atom. The maximum absolute atomic E-state index is 10.8. The lowest BCUT2D eigenvalue weighted by molar-refractivity contribution is -0.529. The zero-order valence-corrected chi connectivity index (χ0v) is 7.27. The average Bonchev–Trinajstić information content (AvgIpc) is 2.15. The number of carbonyl (C=O) groups is 1. The van der Waals surface area contributed by atoms with Crippen LogP contribution in [0.1, 0.15) is 0 Å². The molecule has 6 nitrogen and oxygen atoms in total. The van der Waals surface area contributed by atoms with Crippen molar-refractivity contribution in [2.24, 2.45) is 0 Å². The highest BCUT2D eigenvalue weighted by molar-refractivity contribution is 5.79. The van der Waals surface area contributed by atoms with Crippen LogP contribution >= 0.6 is 0 Å². The summed E-state index contributed by atoms with van der Waals surface area (Å²) < 4.78 is 0. The fraction of sp³-hybridized carbons (Fsp3) is 0.125. The summed E-state index contributed by atoms with van der Waals surface area (Å²) in [6, 6.07) is 8.96. The molecule has 1 amide bonds. The monoisotopic (exact) mass is 195 g/mol. The van der Waals surface area contributed by atoms with E-state index in [1.54, 1.807) is 24.3 Å². The first-order valence-electron chi connectivity index (χ1n) is 3.91. The zero-order valence-electron chi connectivity index (χ0n) is 7.27. The number of hydrogen-bond acceptors (Lipinski definition) is 4. The molecule has 1 rings (SSSR count). The summed E-state index contributed by atoms with van der Waals surface area (Å²) in [4.78, 5) is 20.7. The summed E-state index contributed by atoms with van der Waals surface area (Å²) in [7, 11) is 0. The molecular weight excluding hydrogens is 186 g/mol.